The van der Waals surface area contributed by atoms with Gasteiger partial charge in [0.1, 0.15) is 0 Å². The van der Waals surface area contributed by atoms with Gasteiger partial charge in [-0.1, -0.05) is 12.1 Å². The molecule has 0 aliphatic carbocycles. The SMILES string of the molecule is CCNC(=O)CCC(=O)c1cccc(N)c1. The molecule has 0 aliphatic heterocycles. The summed E-state index contributed by atoms with van der Waals surface area (Å²) < 4.78 is 0. The molecule has 3 N–H and O–H groups in total. The predicted molar refractivity (Wildman–Crippen MR) is 63.1 cm³/mol. The second-order valence-electron chi connectivity index (χ2n) is 3.50. The van der Waals surface area contributed by atoms with E-state index >= 15 is 0 Å². The Labute approximate surface area is 94.8 Å². The van der Waals surface area contributed by atoms with Gasteiger partial charge >= 0.3 is 0 Å². The minimum absolute atomic E-state index is 0.0569. The van der Waals surface area contributed by atoms with Crippen LogP contribution in [0.4, 0.5) is 5.69 Å². The van der Waals surface area contributed by atoms with Gasteiger partial charge in [0, 0.05) is 30.6 Å². The summed E-state index contributed by atoms with van der Waals surface area (Å²) in [5.41, 5.74) is 6.69. The number of hydrogen-bond donors (Lipinski definition) is 2. The van der Waals surface area contributed by atoms with E-state index in [0.717, 1.165) is 0 Å². The maximum atomic E-state index is 11.7. The van der Waals surface area contributed by atoms with E-state index in [-0.39, 0.29) is 24.5 Å². The van der Waals surface area contributed by atoms with E-state index in [9.17, 15) is 9.59 Å². The van der Waals surface area contributed by atoms with Crippen LogP contribution in [-0.2, 0) is 4.79 Å². The van der Waals surface area contributed by atoms with Gasteiger partial charge < -0.3 is 11.1 Å². The summed E-state index contributed by atoms with van der Waals surface area (Å²) in [5.74, 6) is -0.154. The number of nitrogen functional groups attached to an aromatic ring is 1. The van der Waals surface area contributed by atoms with E-state index in [4.69, 9.17) is 5.73 Å². The Bertz CT molecular complexity index is 388. The second-order valence-corrected chi connectivity index (χ2v) is 3.50. The van der Waals surface area contributed by atoms with Crippen molar-refractivity contribution in [3.63, 3.8) is 0 Å². The number of rotatable bonds is 5. The van der Waals surface area contributed by atoms with Crippen LogP contribution in [0.1, 0.15) is 30.1 Å². The Morgan fingerprint density at radius 2 is 2.06 bits per heavy atom. The quantitative estimate of drug-likeness (QED) is 0.581. The monoisotopic (exact) mass is 220 g/mol. The average Bonchev–Trinajstić information content (AvgIpc) is 2.26. The molecule has 4 heteroatoms. The Morgan fingerprint density at radius 1 is 1.31 bits per heavy atom. The molecule has 0 heterocycles. The highest BCUT2D eigenvalue weighted by Crippen LogP contribution is 2.09. The third kappa shape index (κ3) is 3.73. The van der Waals surface area contributed by atoms with E-state index in [0.29, 0.717) is 17.8 Å². The zero-order valence-electron chi connectivity index (χ0n) is 9.32. The van der Waals surface area contributed by atoms with Crippen molar-refractivity contribution in [3.8, 4) is 0 Å². The van der Waals surface area contributed by atoms with Crippen molar-refractivity contribution in [1.82, 2.24) is 5.32 Å². The van der Waals surface area contributed by atoms with E-state index in [1.54, 1.807) is 24.3 Å². The lowest BCUT2D eigenvalue weighted by molar-refractivity contribution is -0.120. The van der Waals surface area contributed by atoms with Gasteiger partial charge in [0.15, 0.2) is 5.78 Å². The average molecular weight is 220 g/mol. The van der Waals surface area contributed by atoms with Crippen LogP contribution in [0.15, 0.2) is 24.3 Å². The molecule has 0 bridgehead atoms. The molecule has 0 radical (unpaired) electrons. The minimum atomic E-state index is -0.0975. The summed E-state index contributed by atoms with van der Waals surface area (Å²) in [7, 11) is 0. The lowest BCUT2D eigenvalue weighted by atomic mass is 10.1. The third-order valence-electron chi connectivity index (χ3n) is 2.16. The van der Waals surface area contributed by atoms with Gasteiger partial charge in [-0.3, -0.25) is 9.59 Å². The number of carbonyl (C=O) groups excluding carboxylic acids is 2. The molecule has 86 valence electrons. The Hall–Kier alpha value is -1.84. The van der Waals surface area contributed by atoms with E-state index < -0.39 is 0 Å². The van der Waals surface area contributed by atoms with Crippen molar-refractivity contribution >= 4 is 17.4 Å². The van der Waals surface area contributed by atoms with Gasteiger partial charge in [-0.15, -0.1) is 0 Å². The summed E-state index contributed by atoms with van der Waals surface area (Å²) in [6.45, 7) is 2.43. The lowest BCUT2D eigenvalue weighted by Crippen LogP contribution is -2.23. The van der Waals surface area contributed by atoms with Crippen LogP contribution in [0.25, 0.3) is 0 Å². The first kappa shape index (κ1) is 12.2. The molecule has 1 rings (SSSR count). The van der Waals surface area contributed by atoms with E-state index in [1.807, 2.05) is 6.92 Å². The number of hydrogen-bond acceptors (Lipinski definition) is 3. The molecule has 1 aromatic carbocycles. The molecule has 0 spiro atoms. The van der Waals surface area contributed by atoms with E-state index in [2.05, 4.69) is 5.32 Å². The normalized spacial score (nSPS) is 9.81. The maximum Gasteiger partial charge on any atom is 0.220 e. The van der Waals surface area contributed by atoms with Crippen molar-refractivity contribution in [2.24, 2.45) is 0 Å². The van der Waals surface area contributed by atoms with Crippen LogP contribution < -0.4 is 11.1 Å². The zero-order chi connectivity index (χ0) is 12.0. The topological polar surface area (TPSA) is 72.2 Å². The highest BCUT2D eigenvalue weighted by molar-refractivity contribution is 5.98. The fourth-order valence-electron chi connectivity index (χ4n) is 1.37. The molecule has 0 atom stereocenters. The first-order valence-corrected chi connectivity index (χ1v) is 5.29. The summed E-state index contributed by atoms with van der Waals surface area (Å²) >= 11 is 0. The minimum Gasteiger partial charge on any atom is -0.399 e. The zero-order valence-corrected chi connectivity index (χ0v) is 9.32. The number of benzene rings is 1. The highest BCUT2D eigenvalue weighted by Gasteiger charge is 2.08. The van der Waals surface area contributed by atoms with Crippen molar-refractivity contribution in [1.29, 1.82) is 0 Å². The van der Waals surface area contributed by atoms with Gasteiger partial charge in [0.25, 0.3) is 0 Å². The largest absolute Gasteiger partial charge is 0.399 e. The third-order valence-corrected chi connectivity index (χ3v) is 2.16. The molecule has 0 aromatic heterocycles. The van der Waals surface area contributed by atoms with Crippen LogP contribution >= 0.6 is 0 Å². The Morgan fingerprint density at radius 3 is 2.69 bits per heavy atom. The summed E-state index contributed by atoms with van der Waals surface area (Å²) in [6.07, 6.45) is 0.441. The van der Waals surface area contributed by atoms with Gasteiger partial charge in [0.05, 0.1) is 0 Å². The van der Waals surface area contributed by atoms with Gasteiger partial charge in [0.2, 0.25) is 5.91 Å². The standard InChI is InChI=1S/C12H16N2O2/c1-2-14-12(16)7-6-11(15)9-4-3-5-10(13)8-9/h3-5,8H,2,6-7,13H2,1H3,(H,14,16). The molecular weight excluding hydrogens is 204 g/mol. The van der Waals surface area contributed by atoms with Crippen LogP contribution in [0.5, 0.6) is 0 Å². The maximum absolute atomic E-state index is 11.7. The molecule has 0 unspecified atom stereocenters. The molecule has 1 aromatic rings. The molecule has 0 aliphatic rings. The fraction of sp³-hybridized carbons (Fsp3) is 0.333. The molecule has 1 amide bonds. The Balaban J connectivity index is 2.50. The van der Waals surface area contributed by atoms with E-state index in [1.165, 1.54) is 0 Å². The van der Waals surface area contributed by atoms with Crippen molar-refractivity contribution in [2.45, 2.75) is 19.8 Å². The molecule has 0 fully saturated rings. The summed E-state index contributed by atoms with van der Waals surface area (Å²) in [5, 5.41) is 2.65. The number of carbonyl (C=O) groups is 2. The van der Waals surface area contributed by atoms with Crippen LogP contribution in [0.2, 0.25) is 0 Å². The van der Waals surface area contributed by atoms with Crippen LogP contribution in [0.3, 0.4) is 0 Å². The first-order valence-electron chi connectivity index (χ1n) is 5.29. The lowest BCUT2D eigenvalue weighted by Gasteiger charge is -2.02. The number of ketones is 1. The number of anilines is 1. The molecule has 4 nitrogen and oxygen atoms in total. The second kappa shape index (κ2) is 5.90. The first-order chi connectivity index (χ1) is 7.63. The van der Waals surface area contributed by atoms with Gasteiger partial charge in [-0.2, -0.15) is 0 Å². The predicted octanol–water partition coefficient (Wildman–Crippen LogP) is 1.37. The van der Waals surface area contributed by atoms with Crippen molar-refractivity contribution in [2.75, 3.05) is 12.3 Å². The molecule has 0 saturated carbocycles. The summed E-state index contributed by atoms with van der Waals surface area (Å²) in [6, 6.07) is 6.78. The fourth-order valence-corrected chi connectivity index (χ4v) is 1.37. The van der Waals surface area contributed by atoms with Crippen LogP contribution in [0, 0.1) is 0 Å². The Kier molecular flexibility index (Phi) is 4.51. The molecule has 0 saturated heterocycles. The van der Waals surface area contributed by atoms with Gasteiger partial charge in [-0.25, -0.2) is 0 Å². The van der Waals surface area contributed by atoms with Crippen molar-refractivity contribution < 1.29 is 9.59 Å². The van der Waals surface area contributed by atoms with Crippen molar-refractivity contribution in [3.05, 3.63) is 29.8 Å². The van der Waals surface area contributed by atoms with Crippen LogP contribution in [-0.4, -0.2) is 18.2 Å². The number of Topliss-reactive ketones (excluding diaryl/α,β-unsaturated/α-hetero) is 1. The molecular formula is C12H16N2O2. The smallest absolute Gasteiger partial charge is 0.220 e. The number of amides is 1. The number of nitrogens with two attached hydrogens (primary N) is 1. The summed E-state index contributed by atoms with van der Waals surface area (Å²) in [4.78, 5) is 22.8. The molecule has 16 heavy (non-hydrogen) atoms. The highest BCUT2D eigenvalue weighted by atomic mass is 16.2. The van der Waals surface area contributed by atoms with Gasteiger partial charge in [-0.05, 0) is 19.1 Å². The number of nitrogens with one attached hydrogen (secondary N) is 1.